The smallest absolute Gasteiger partial charge is 0.152 e. The third kappa shape index (κ3) is 1.98. The van der Waals surface area contributed by atoms with E-state index in [0.29, 0.717) is 0 Å². The largest absolute Gasteiger partial charge is 0.373 e. The first-order chi connectivity index (χ1) is 8.27. The molecule has 0 aliphatic carbocycles. The van der Waals surface area contributed by atoms with E-state index in [9.17, 15) is 0 Å². The minimum atomic E-state index is -0.0610. The molecule has 3 rings (SSSR count). The fourth-order valence-electron chi connectivity index (χ4n) is 2.24. The number of ether oxygens (including phenoxy) is 1. The van der Waals surface area contributed by atoms with Crippen molar-refractivity contribution in [3.63, 3.8) is 0 Å². The number of rotatable bonds is 3. The molecule has 0 aromatic carbocycles. The Morgan fingerprint density at radius 2 is 2.47 bits per heavy atom. The molecule has 0 radical (unpaired) electrons. The van der Waals surface area contributed by atoms with E-state index in [1.807, 2.05) is 16.8 Å². The van der Waals surface area contributed by atoms with Crippen LogP contribution in [0.5, 0.6) is 0 Å². The maximum atomic E-state index is 5.74. The normalized spacial score (nSPS) is 24.3. The first-order valence-electron chi connectivity index (χ1n) is 5.93. The molecule has 3 heterocycles. The maximum Gasteiger partial charge on any atom is 0.152 e. The van der Waals surface area contributed by atoms with Crippen LogP contribution in [0.2, 0.25) is 0 Å². The average Bonchev–Trinajstić information content (AvgIpc) is 2.95. The molecule has 0 saturated carbocycles. The van der Waals surface area contributed by atoms with Gasteiger partial charge in [-0.3, -0.25) is 0 Å². The van der Waals surface area contributed by atoms with Crippen molar-refractivity contribution in [2.24, 2.45) is 0 Å². The number of anilines is 1. The van der Waals surface area contributed by atoms with E-state index in [1.54, 1.807) is 12.4 Å². The quantitative estimate of drug-likeness (QED) is 0.875. The van der Waals surface area contributed by atoms with Crippen molar-refractivity contribution in [3.05, 3.63) is 24.7 Å². The van der Waals surface area contributed by atoms with E-state index in [4.69, 9.17) is 4.74 Å². The van der Waals surface area contributed by atoms with Crippen molar-refractivity contribution in [1.82, 2.24) is 14.6 Å². The zero-order valence-electron chi connectivity index (χ0n) is 9.89. The molecule has 1 saturated heterocycles. The lowest BCUT2D eigenvalue weighted by atomic mass is 10.0. The number of nitrogens with zero attached hydrogens (tertiary/aromatic N) is 3. The third-order valence-electron chi connectivity index (χ3n) is 3.25. The molecule has 2 aromatic rings. The van der Waals surface area contributed by atoms with Gasteiger partial charge in [-0.25, -0.2) is 9.50 Å². The van der Waals surface area contributed by atoms with Crippen molar-refractivity contribution >= 4 is 11.3 Å². The van der Waals surface area contributed by atoms with Crippen LogP contribution in [0.4, 0.5) is 5.82 Å². The van der Waals surface area contributed by atoms with Gasteiger partial charge in [-0.2, -0.15) is 5.10 Å². The number of hydrogen-bond donors (Lipinski definition) is 1. The number of nitrogens with one attached hydrogen (secondary N) is 1. The number of fused-ring (bicyclic) bond motifs is 1. The molecule has 0 spiro atoms. The molecule has 1 aliphatic rings. The molecule has 17 heavy (non-hydrogen) atoms. The minimum Gasteiger partial charge on any atom is -0.373 e. The summed E-state index contributed by atoms with van der Waals surface area (Å²) in [5, 5.41) is 7.54. The molecular weight excluding hydrogens is 216 g/mol. The van der Waals surface area contributed by atoms with Crippen LogP contribution in [0, 0.1) is 0 Å². The second-order valence-corrected chi connectivity index (χ2v) is 4.69. The van der Waals surface area contributed by atoms with E-state index in [1.165, 1.54) is 0 Å². The summed E-state index contributed by atoms with van der Waals surface area (Å²) in [5.74, 6) is 0.863. The predicted molar refractivity (Wildman–Crippen MR) is 65.1 cm³/mol. The van der Waals surface area contributed by atoms with Crippen molar-refractivity contribution in [2.45, 2.75) is 25.4 Å². The van der Waals surface area contributed by atoms with Crippen LogP contribution in [0.3, 0.4) is 0 Å². The van der Waals surface area contributed by atoms with E-state index < -0.39 is 0 Å². The van der Waals surface area contributed by atoms with Crippen LogP contribution in [-0.2, 0) is 4.74 Å². The summed E-state index contributed by atoms with van der Waals surface area (Å²) in [4.78, 5) is 4.34. The Kier molecular flexibility index (Phi) is 2.48. The highest BCUT2D eigenvalue weighted by atomic mass is 16.5. The van der Waals surface area contributed by atoms with Crippen molar-refractivity contribution in [3.8, 4) is 0 Å². The van der Waals surface area contributed by atoms with Crippen molar-refractivity contribution < 1.29 is 4.74 Å². The number of hydrogen-bond acceptors (Lipinski definition) is 4. The molecule has 1 aliphatic heterocycles. The topological polar surface area (TPSA) is 51.5 Å². The van der Waals surface area contributed by atoms with E-state index in [0.717, 1.165) is 37.3 Å². The summed E-state index contributed by atoms with van der Waals surface area (Å²) in [6, 6.07) is 1.95. The second-order valence-electron chi connectivity index (χ2n) is 4.69. The minimum absolute atomic E-state index is 0.0610. The molecule has 1 unspecified atom stereocenters. The first kappa shape index (κ1) is 10.5. The Morgan fingerprint density at radius 1 is 1.53 bits per heavy atom. The molecule has 5 nitrogen and oxygen atoms in total. The van der Waals surface area contributed by atoms with Crippen LogP contribution in [-0.4, -0.2) is 33.4 Å². The van der Waals surface area contributed by atoms with Gasteiger partial charge in [-0.15, -0.1) is 0 Å². The first-order valence-corrected chi connectivity index (χ1v) is 5.93. The van der Waals surface area contributed by atoms with E-state index >= 15 is 0 Å². The summed E-state index contributed by atoms with van der Waals surface area (Å²) < 4.78 is 7.56. The SMILES string of the molecule is CC1(CNc2nccn3nccc23)CCCO1. The highest BCUT2D eigenvalue weighted by Crippen LogP contribution is 2.25. The van der Waals surface area contributed by atoms with Crippen molar-refractivity contribution in [1.29, 1.82) is 0 Å². The maximum absolute atomic E-state index is 5.74. The van der Waals surface area contributed by atoms with Gasteiger partial charge in [0.1, 0.15) is 5.52 Å². The Balaban J connectivity index is 1.78. The van der Waals surface area contributed by atoms with Crippen LogP contribution in [0.1, 0.15) is 19.8 Å². The Bertz CT molecular complexity index is 516. The molecule has 5 heteroatoms. The lowest BCUT2D eigenvalue weighted by Gasteiger charge is -2.23. The Morgan fingerprint density at radius 3 is 3.29 bits per heavy atom. The standard InChI is InChI=1S/C12H16N4O/c1-12(4-2-8-17-12)9-14-11-10-3-5-15-16(10)7-6-13-11/h3,5-7H,2,4,8-9H2,1H3,(H,13,14). The Labute approximate surface area is 99.8 Å². The van der Waals surface area contributed by atoms with Gasteiger partial charge in [0.15, 0.2) is 5.82 Å². The predicted octanol–water partition coefficient (Wildman–Crippen LogP) is 1.71. The average molecular weight is 232 g/mol. The third-order valence-corrected chi connectivity index (χ3v) is 3.25. The molecular formula is C12H16N4O. The molecule has 90 valence electrons. The summed E-state index contributed by atoms with van der Waals surface area (Å²) in [7, 11) is 0. The molecule has 2 aromatic heterocycles. The van der Waals surface area contributed by atoms with Gasteiger partial charge in [0, 0.05) is 25.5 Å². The second kappa shape index (κ2) is 4.00. The molecule has 1 atom stereocenters. The van der Waals surface area contributed by atoms with Gasteiger partial charge < -0.3 is 10.1 Å². The summed E-state index contributed by atoms with van der Waals surface area (Å²) in [6.07, 6.45) is 7.61. The van der Waals surface area contributed by atoms with Gasteiger partial charge in [-0.05, 0) is 25.8 Å². The fraction of sp³-hybridized carbons (Fsp3) is 0.500. The molecule has 0 bridgehead atoms. The highest BCUT2D eigenvalue weighted by molar-refractivity contribution is 5.66. The summed E-state index contributed by atoms with van der Waals surface area (Å²) in [5.41, 5.74) is 0.934. The number of aromatic nitrogens is 3. The van der Waals surface area contributed by atoms with Crippen molar-refractivity contribution in [2.75, 3.05) is 18.5 Å². The fourth-order valence-corrected chi connectivity index (χ4v) is 2.24. The lowest BCUT2D eigenvalue weighted by Crippen LogP contribution is -2.32. The molecule has 1 N–H and O–H groups in total. The van der Waals surface area contributed by atoms with Gasteiger partial charge in [0.2, 0.25) is 0 Å². The van der Waals surface area contributed by atoms with Crippen LogP contribution in [0.25, 0.3) is 5.52 Å². The lowest BCUT2D eigenvalue weighted by molar-refractivity contribution is 0.0315. The summed E-state index contributed by atoms with van der Waals surface area (Å²) >= 11 is 0. The van der Waals surface area contributed by atoms with Gasteiger partial charge >= 0.3 is 0 Å². The molecule has 1 fully saturated rings. The zero-order chi connectivity index (χ0) is 11.7. The van der Waals surface area contributed by atoms with Crippen LogP contribution < -0.4 is 5.32 Å². The zero-order valence-corrected chi connectivity index (χ0v) is 9.89. The Hall–Kier alpha value is -1.62. The van der Waals surface area contributed by atoms with Gasteiger partial charge in [0.25, 0.3) is 0 Å². The molecule has 0 amide bonds. The van der Waals surface area contributed by atoms with E-state index in [-0.39, 0.29) is 5.60 Å². The summed E-state index contributed by atoms with van der Waals surface area (Å²) in [6.45, 7) is 3.79. The van der Waals surface area contributed by atoms with E-state index in [2.05, 4.69) is 22.3 Å². The van der Waals surface area contributed by atoms with Crippen LogP contribution in [0.15, 0.2) is 24.7 Å². The van der Waals surface area contributed by atoms with Gasteiger partial charge in [0.05, 0.1) is 11.8 Å². The highest BCUT2D eigenvalue weighted by Gasteiger charge is 2.29. The van der Waals surface area contributed by atoms with Crippen LogP contribution >= 0.6 is 0 Å². The monoisotopic (exact) mass is 232 g/mol. The van der Waals surface area contributed by atoms with Gasteiger partial charge in [-0.1, -0.05) is 0 Å².